The molecule has 6 heteroatoms. The van der Waals surface area contributed by atoms with Crippen LogP contribution in [0.5, 0.6) is 0 Å². The molecule has 0 aromatic rings. The van der Waals surface area contributed by atoms with Gasteiger partial charge in [-0.1, -0.05) is 13.8 Å². The van der Waals surface area contributed by atoms with E-state index in [0.717, 1.165) is 25.5 Å². The highest BCUT2D eigenvalue weighted by Gasteiger charge is 2.58. The van der Waals surface area contributed by atoms with E-state index in [4.69, 9.17) is 9.47 Å². The summed E-state index contributed by atoms with van der Waals surface area (Å²) in [7, 11) is 1.79. The maximum Gasteiger partial charge on any atom is 0.191 e. The van der Waals surface area contributed by atoms with Gasteiger partial charge >= 0.3 is 0 Å². The van der Waals surface area contributed by atoms with Crippen LogP contribution in [0, 0.1) is 5.41 Å². The zero-order valence-corrected chi connectivity index (χ0v) is 16.6. The number of nitrogens with one attached hydrogen (secondary N) is 2. The van der Waals surface area contributed by atoms with Crippen molar-refractivity contribution < 1.29 is 9.47 Å². The highest BCUT2D eigenvalue weighted by Crippen LogP contribution is 2.51. The standard InChI is InChI=1S/C15H31N3O2.HI/c1-7-16-13(17-9-10-20-8-2)18-12-11-15(5,19-6)14(12,3)4;/h12H,7-11H2,1-6H3,(H2,16,17,18);1H. The lowest BCUT2D eigenvalue weighted by Gasteiger charge is -2.59. The van der Waals surface area contributed by atoms with E-state index in [1.807, 2.05) is 6.92 Å². The Labute approximate surface area is 146 Å². The van der Waals surface area contributed by atoms with Crippen molar-refractivity contribution >= 4 is 29.9 Å². The molecule has 0 bridgehead atoms. The van der Waals surface area contributed by atoms with Gasteiger partial charge in [0.15, 0.2) is 5.96 Å². The fraction of sp³-hybridized carbons (Fsp3) is 0.933. The largest absolute Gasteiger partial charge is 0.380 e. The Balaban J connectivity index is 0.00000400. The van der Waals surface area contributed by atoms with E-state index in [1.165, 1.54) is 0 Å². The molecule has 0 radical (unpaired) electrons. The van der Waals surface area contributed by atoms with E-state index in [0.29, 0.717) is 19.2 Å². The minimum atomic E-state index is -0.0622. The van der Waals surface area contributed by atoms with Gasteiger partial charge in [-0.15, -0.1) is 24.0 Å². The molecule has 21 heavy (non-hydrogen) atoms. The van der Waals surface area contributed by atoms with Gasteiger partial charge in [0.1, 0.15) is 0 Å². The molecule has 0 aliphatic heterocycles. The Hall–Kier alpha value is -0.0800. The summed E-state index contributed by atoms with van der Waals surface area (Å²) in [5.74, 6) is 0.864. The van der Waals surface area contributed by atoms with E-state index in [2.05, 4.69) is 43.3 Å². The molecule has 2 N–H and O–H groups in total. The normalized spacial score (nSPS) is 27.5. The maximum atomic E-state index is 5.65. The summed E-state index contributed by atoms with van der Waals surface area (Å²) in [6, 6.07) is 0.373. The van der Waals surface area contributed by atoms with Gasteiger partial charge in [0.25, 0.3) is 0 Å². The molecular weight excluding hydrogens is 381 g/mol. The SMILES string of the molecule is CCNC(=NCCOCC)NC1CC(C)(OC)C1(C)C.I. The van der Waals surface area contributed by atoms with Gasteiger partial charge in [0.2, 0.25) is 0 Å². The highest BCUT2D eigenvalue weighted by atomic mass is 127. The van der Waals surface area contributed by atoms with Gasteiger partial charge in [-0.3, -0.25) is 4.99 Å². The first-order chi connectivity index (χ1) is 9.41. The molecule has 0 heterocycles. The van der Waals surface area contributed by atoms with E-state index in [-0.39, 0.29) is 35.0 Å². The molecule has 1 saturated carbocycles. The van der Waals surface area contributed by atoms with E-state index in [9.17, 15) is 0 Å². The third-order valence-corrected chi connectivity index (χ3v) is 4.64. The fourth-order valence-electron chi connectivity index (χ4n) is 2.57. The minimum Gasteiger partial charge on any atom is -0.380 e. The number of guanidine groups is 1. The predicted molar refractivity (Wildman–Crippen MR) is 98.6 cm³/mol. The summed E-state index contributed by atoms with van der Waals surface area (Å²) < 4.78 is 11.0. The van der Waals surface area contributed by atoms with Crippen molar-refractivity contribution in [1.82, 2.24) is 10.6 Å². The van der Waals surface area contributed by atoms with Crippen LogP contribution in [0.3, 0.4) is 0 Å². The number of nitrogens with zero attached hydrogens (tertiary/aromatic N) is 1. The Morgan fingerprint density at radius 2 is 1.95 bits per heavy atom. The highest BCUT2D eigenvalue weighted by molar-refractivity contribution is 14.0. The van der Waals surface area contributed by atoms with Crippen LogP contribution in [0.25, 0.3) is 0 Å². The summed E-state index contributed by atoms with van der Waals surface area (Å²) in [4.78, 5) is 4.54. The molecule has 5 nitrogen and oxygen atoms in total. The topological polar surface area (TPSA) is 54.9 Å². The summed E-state index contributed by atoms with van der Waals surface area (Å²) >= 11 is 0. The molecule has 0 saturated heterocycles. The van der Waals surface area contributed by atoms with Crippen molar-refractivity contribution in [3.05, 3.63) is 0 Å². The molecule has 0 amide bonds. The first-order valence-corrected chi connectivity index (χ1v) is 7.59. The zero-order chi connectivity index (χ0) is 15.2. The molecule has 126 valence electrons. The van der Waals surface area contributed by atoms with Crippen molar-refractivity contribution in [1.29, 1.82) is 0 Å². The Bertz CT molecular complexity index is 337. The lowest BCUT2D eigenvalue weighted by atomic mass is 9.56. The molecule has 1 rings (SSSR count). The number of aliphatic imine (C=N–C) groups is 1. The summed E-state index contributed by atoms with van der Waals surface area (Å²) in [5.41, 5.74) is 0.0190. The van der Waals surface area contributed by atoms with Gasteiger partial charge in [-0.25, -0.2) is 0 Å². The van der Waals surface area contributed by atoms with E-state index in [1.54, 1.807) is 7.11 Å². The molecule has 0 aromatic heterocycles. The quantitative estimate of drug-likeness (QED) is 0.291. The number of ether oxygens (including phenoxy) is 2. The average molecular weight is 413 g/mol. The van der Waals surface area contributed by atoms with Gasteiger partial charge in [0, 0.05) is 31.7 Å². The van der Waals surface area contributed by atoms with Crippen LogP contribution < -0.4 is 10.6 Å². The Kier molecular flexibility index (Phi) is 9.11. The second-order valence-electron chi connectivity index (χ2n) is 6.02. The molecule has 1 aliphatic carbocycles. The summed E-state index contributed by atoms with van der Waals surface area (Å²) in [6.07, 6.45) is 0.992. The second-order valence-corrected chi connectivity index (χ2v) is 6.02. The van der Waals surface area contributed by atoms with Crippen molar-refractivity contribution in [2.45, 2.75) is 52.7 Å². The molecule has 0 spiro atoms. The van der Waals surface area contributed by atoms with Crippen LogP contribution in [0.2, 0.25) is 0 Å². The van der Waals surface area contributed by atoms with E-state index < -0.39 is 0 Å². The molecule has 0 aromatic carbocycles. The molecule has 2 atom stereocenters. The van der Waals surface area contributed by atoms with Crippen molar-refractivity contribution in [2.24, 2.45) is 10.4 Å². The van der Waals surface area contributed by atoms with Crippen LogP contribution in [0.4, 0.5) is 0 Å². The first kappa shape index (κ1) is 20.9. The Morgan fingerprint density at radius 3 is 2.43 bits per heavy atom. The number of hydrogen-bond donors (Lipinski definition) is 2. The molecule has 2 unspecified atom stereocenters. The maximum absolute atomic E-state index is 5.65. The van der Waals surface area contributed by atoms with Crippen LogP contribution in [0.1, 0.15) is 41.0 Å². The number of rotatable bonds is 7. The van der Waals surface area contributed by atoms with E-state index >= 15 is 0 Å². The van der Waals surface area contributed by atoms with Crippen LogP contribution >= 0.6 is 24.0 Å². The van der Waals surface area contributed by atoms with Crippen LogP contribution in [-0.2, 0) is 9.47 Å². The number of methoxy groups -OCH3 is 1. The second kappa shape index (κ2) is 9.15. The van der Waals surface area contributed by atoms with Crippen LogP contribution in [-0.4, -0.2) is 51.0 Å². The molecule has 1 aliphatic rings. The minimum absolute atomic E-state index is 0. The first-order valence-electron chi connectivity index (χ1n) is 7.59. The zero-order valence-electron chi connectivity index (χ0n) is 14.3. The van der Waals surface area contributed by atoms with Crippen LogP contribution in [0.15, 0.2) is 4.99 Å². The fourth-order valence-corrected chi connectivity index (χ4v) is 2.57. The average Bonchev–Trinajstić information content (AvgIpc) is 2.42. The molecule has 1 fully saturated rings. The lowest BCUT2D eigenvalue weighted by molar-refractivity contribution is -0.176. The van der Waals surface area contributed by atoms with Gasteiger partial charge in [0.05, 0.1) is 18.8 Å². The number of halogens is 1. The smallest absolute Gasteiger partial charge is 0.191 e. The monoisotopic (exact) mass is 413 g/mol. The number of hydrogen-bond acceptors (Lipinski definition) is 3. The van der Waals surface area contributed by atoms with Gasteiger partial charge in [-0.2, -0.15) is 0 Å². The lowest BCUT2D eigenvalue weighted by Crippen LogP contribution is -2.69. The summed E-state index contributed by atoms with van der Waals surface area (Å²) in [5, 5.41) is 6.80. The van der Waals surface area contributed by atoms with Crippen molar-refractivity contribution in [3.8, 4) is 0 Å². The molecular formula is C15H32IN3O2. The van der Waals surface area contributed by atoms with Gasteiger partial charge < -0.3 is 20.1 Å². The summed E-state index contributed by atoms with van der Waals surface area (Å²) in [6.45, 7) is 13.7. The van der Waals surface area contributed by atoms with Crippen molar-refractivity contribution in [2.75, 3.05) is 33.4 Å². The predicted octanol–water partition coefficient (Wildman–Crippen LogP) is 2.40. The third-order valence-electron chi connectivity index (χ3n) is 4.64. The van der Waals surface area contributed by atoms with Crippen molar-refractivity contribution in [3.63, 3.8) is 0 Å². The Morgan fingerprint density at radius 1 is 1.29 bits per heavy atom. The third kappa shape index (κ3) is 4.96. The van der Waals surface area contributed by atoms with Gasteiger partial charge in [-0.05, 0) is 27.2 Å².